The van der Waals surface area contributed by atoms with Crippen molar-refractivity contribution in [3.05, 3.63) is 102 Å². The van der Waals surface area contributed by atoms with Gasteiger partial charge in [-0.05, 0) is 47.0 Å². The first-order valence-electron chi connectivity index (χ1n) is 12.0. The zero-order valence-corrected chi connectivity index (χ0v) is 19.4. The van der Waals surface area contributed by atoms with Gasteiger partial charge in [0.1, 0.15) is 0 Å². The monoisotopic (exact) mass is 461 g/mol. The van der Waals surface area contributed by atoms with E-state index in [-0.39, 0.29) is 5.91 Å². The molecule has 1 amide bonds. The first kappa shape index (κ1) is 21.4. The van der Waals surface area contributed by atoms with Crippen molar-refractivity contribution in [2.75, 3.05) is 41.3 Å². The molecule has 2 aliphatic heterocycles. The van der Waals surface area contributed by atoms with Crippen LogP contribution < -0.4 is 20.4 Å². The SMILES string of the molecule is O=C1c2cc(-c3ccc(N4CCNCC4)cc3)ccc2Nc2ccncc2N1Cc1ccccc1. The van der Waals surface area contributed by atoms with Gasteiger partial charge in [-0.25, -0.2) is 0 Å². The molecule has 1 fully saturated rings. The van der Waals surface area contributed by atoms with Gasteiger partial charge < -0.3 is 20.4 Å². The van der Waals surface area contributed by atoms with Gasteiger partial charge in [-0.1, -0.05) is 48.5 Å². The minimum absolute atomic E-state index is 0.0395. The van der Waals surface area contributed by atoms with Crippen LogP contribution in [0.3, 0.4) is 0 Å². The molecule has 3 heterocycles. The van der Waals surface area contributed by atoms with Crippen LogP contribution in [0.2, 0.25) is 0 Å². The third-order valence-corrected chi connectivity index (χ3v) is 6.72. The standard InChI is InChI=1S/C29H27N5O/c35-29-25-18-23(22-6-9-24(10-7-22)33-16-14-30-15-17-33)8-11-26(25)32-27-12-13-31-19-28(27)34(29)20-21-4-2-1-3-5-21/h1-13,18-19,30,32H,14-17,20H2. The highest BCUT2D eigenvalue weighted by Crippen LogP contribution is 2.37. The predicted molar refractivity (Wildman–Crippen MR) is 141 cm³/mol. The topological polar surface area (TPSA) is 60.5 Å². The Morgan fingerprint density at radius 3 is 2.40 bits per heavy atom. The van der Waals surface area contributed by atoms with Crippen LogP contribution in [-0.4, -0.2) is 37.1 Å². The van der Waals surface area contributed by atoms with E-state index in [4.69, 9.17) is 0 Å². The summed E-state index contributed by atoms with van der Waals surface area (Å²) in [5, 5.41) is 6.86. The lowest BCUT2D eigenvalue weighted by molar-refractivity contribution is 0.0986. The first-order valence-corrected chi connectivity index (χ1v) is 12.0. The molecule has 174 valence electrons. The summed E-state index contributed by atoms with van der Waals surface area (Å²) < 4.78 is 0. The van der Waals surface area contributed by atoms with Crippen LogP contribution in [0.15, 0.2) is 91.3 Å². The number of anilines is 4. The molecule has 1 aromatic heterocycles. The average Bonchev–Trinajstić information content (AvgIpc) is 3.04. The van der Waals surface area contributed by atoms with Crippen molar-refractivity contribution in [2.45, 2.75) is 6.54 Å². The maximum Gasteiger partial charge on any atom is 0.260 e. The highest BCUT2D eigenvalue weighted by Gasteiger charge is 2.27. The van der Waals surface area contributed by atoms with E-state index in [1.165, 1.54) is 5.69 Å². The van der Waals surface area contributed by atoms with E-state index in [9.17, 15) is 4.79 Å². The number of aromatic nitrogens is 1. The number of carbonyl (C=O) groups is 1. The molecule has 0 aliphatic carbocycles. The lowest BCUT2D eigenvalue weighted by Gasteiger charge is -2.29. The zero-order valence-electron chi connectivity index (χ0n) is 19.4. The van der Waals surface area contributed by atoms with Crippen LogP contribution in [0.25, 0.3) is 11.1 Å². The molecule has 1 saturated heterocycles. The fraction of sp³-hybridized carbons (Fsp3) is 0.172. The second-order valence-electron chi connectivity index (χ2n) is 8.94. The molecule has 3 aromatic carbocycles. The third-order valence-electron chi connectivity index (χ3n) is 6.72. The summed E-state index contributed by atoms with van der Waals surface area (Å²) in [7, 11) is 0. The van der Waals surface area contributed by atoms with Crippen LogP contribution in [-0.2, 0) is 6.54 Å². The van der Waals surface area contributed by atoms with Gasteiger partial charge in [0.05, 0.1) is 35.4 Å². The van der Waals surface area contributed by atoms with E-state index in [1.807, 2.05) is 53.4 Å². The zero-order chi connectivity index (χ0) is 23.6. The number of hydrogen-bond acceptors (Lipinski definition) is 5. The van der Waals surface area contributed by atoms with Gasteiger partial charge >= 0.3 is 0 Å². The molecule has 4 aromatic rings. The van der Waals surface area contributed by atoms with Crippen LogP contribution in [0.5, 0.6) is 0 Å². The molecular weight excluding hydrogens is 434 g/mol. The van der Waals surface area contributed by atoms with Gasteiger partial charge in [0.25, 0.3) is 5.91 Å². The van der Waals surface area contributed by atoms with E-state index in [0.717, 1.165) is 59.9 Å². The number of amides is 1. The Balaban J connectivity index is 1.35. The molecule has 0 unspecified atom stereocenters. The smallest absolute Gasteiger partial charge is 0.260 e. The van der Waals surface area contributed by atoms with Crippen molar-refractivity contribution in [1.29, 1.82) is 0 Å². The molecule has 6 rings (SSSR count). The van der Waals surface area contributed by atoms with E-state index in [0.29, 0.717) is 12.1 Å². The van der Waals surface area contributed by atoms with Crippen LogP contribution in [0.4, 0.5) is 22.7 Å². The van der Waals surface area contributed by atoms with Gasteiger partial charge in [0.2, 0.25) is 0 Å². The maximum absolute atomic E-state index is 13.9. The van der Waals surface area contributed by atoms with Crippen molar-refractivity contribution < 1.29 is 4.79 Å². The van der Waals surface area contributed by atoms with Crippen LogP contribution in [0.1, 0.15) is 15.9 Å². The number of rotatable bonds is 4. The van der Waals surface area contributed by atoms with Gasteiger partial charge in [-0.3, -0.25) is 9.78 Å². The lowest BCUT2D eigenvalue weighted by atomic mass is 10.0. The summed E-state index contributed by atoms with van der Waals surface area (Å²) >= 11 is 0. The van der Waals surface area contributed by atoms with E-state index in [1.54, 1.807) is 12.4 Å². The summed E-state index contributed by atoms with van der Waals surface area (Å²) in [6, 6.07) is 26.7. The summed E-state index contributed by atoms with van der Waals surface area (Å²) in [5.74, 6) is -0.0395. The minimum atomic E-state index is -0.0395. The van der Waals surface area contributed by atoms with Crippen LogP contribution >= 0.6 is 0 Å². The van der Waals surface area contributed by atoms with Gasteiger partial charge in [0.15, 0.2) is 0 Å². The normalized spacial score (nSPS) is 15.1. The first-order chi connectivity index (χ1) is 17.3. The Morgan fingerprint density at radius 2 is 1.60 bits per heavy atom. The van der Waals surface area contributed by atoms with Gasteiger partial charge in [0, 0.05) is 38.1 Å². The number of nitrogens with one attached hydrogen (secondary N) is 2. The Morgan fingerprint density at radius 1 is 0.829 bits per heavy atom. The lowest BCUT2D eigenvalue weighted by Crippen LogP contribution is -2.43. The number of pyridine rings is 1. The number of fused-ring (bicyclic) bond motifs is 2. The van der Waals surface area contributed by atoms with E-state index < -0.39 is 0 Å². The molecule has 0 saturated carbocycles. The molecule has 35 heavy (non-hydrogen) atoms. The molecule has 0 spiro atoms. The third kappa shape index (κ3) is 4.24. The number of nitrogens with zero attached hydrogens (tertiary/aromatic N) is 3. The van der Waals surface area contributed by atoms with Gasteiger partial charge in [-0.2, -0.15) is 0 Å². The average molecular weight is 462 g/mol. The summed E-state index contributed by atoms with van der Waals surface area (Å²) in [6.07, 6.45) is 3.50. The molecular formula is C29H27N5O. The molecule has 0 radical (unpaired) electrons. The Labute approximate surface area is 205 Å². The summed E-state index contributed by atoms with van der Waals surface area (Å²) in [5.41, 5.74) is 7.53. The van der Waals surface area contributed by atoms with Gasteiger partial charge in [-0.15, -0.1) is 0 Å². The minimum Gasteiger partial charge on any atom is -0.369 e. The van der Waals surface area contributed by atoms with Crippen molar-refractivity contribution in [1.82, 2.24) is 10.3 Å². The largest absolute Gasteiger partial charge is 0.369 e. The second kappa shape index (κ2) is 9.24. The molecule has 2 N–H and O–H groups in total. The maximum atomic E-state index is 13.9. The highest BCUT2D eigenvalue weighted by atomic mass is 16.2. The predicted octanol–water partition coefficient (Wildman–Crippen LogP) is 5.06. The van der Waals surface area contributed by atoms with E-state index in [2.05, 4.69) is 50.8 Å². The fourth-order valence-corrected chi connectivity index (χ4v) is 4.83. The Bertz CT molecular complexity index is 1350. The Kier molecular flexibility index (Phi) is 5.64. The number of hydrogen-bond donors (Lipinski definition) is 2. The van der Waals surface area contributed by atoms with E-state index >= 15 is 0 Å². The fourth-order valence-electron chi connectivity index (χ4n) is 4.83. The molecule has 6 heteroatoms. The quantitative estimate of drug-likeness (QED) is 0.445. The molecule has 0 atom stereocenters. The number of piperazine rings is 1. The summed E-state index contributed by atoms with van der Waals surface area (Å²) in [4.78, 5) is 22.4. The molecule has 6 nitrogen and oxygen atoms in total. The van der Waals surface area contributed by atoms with Crippen LogP contribution in [0, 0.1) is 0 Å². The summed E-state index contributed by atoms with van der Waals surface area (Å²) in [6.45, 7) is 4.54. The Hall–Kier alpha value is -4.16. The highest BCUT2D eigenvalue weighted by molar-refractivity contribution is 6.14. The van der Waals surface area contributed by atoms with Crippen molar-refractivity contribution in [3.8, 4) is 11.1 Å². The van der Waals surface area contributed by atoms with Crippen molar-refractivity contribution in [3.63, 3.8) is 0 Å². The number of benzene rings is 3. The molecule has 2 aliphatic rings. The van der Waals surface area contributed by atoms with Crippen molar-refractivity contribution in [2.24, 2.45) is 0 Å². The number of carbonyl (C=O) groups excluding carboxylic acids is 1. The molecule has 0 bridgehead atoms. The van der Waals surface area contributed by atoms with Crippen molar-refractivity contribution >= 4 is 28.7 Å². The second-order valence-corrected chi connectivity index (χ2v) is 8.94.